The molecule has 2 heterocycles. The van der Waals surface area contributed by atoms with Crippen LogP contribution in [0.3, 0.4) is 0 Å². The van der Waals surface area contributed by atoms with Crippen LogP contribution in [0.2, 0.25) is 0 Å². The van der Waals surface area contributed by atoms with Crippen LogP contribution < -0.4 is 9.64 Å². The van der Waals surface area contributed by atoms with E-state index >= 15 is 0 Å². The molecule has 2 atom stereocenters. The van der Waals surface area contributed by atoms with Gasteiger partial charge in [0.25, 0.3) is 5.91 Å². The van der Waals surface area contributed by atoms with Crippen molar-refractivity contribution in [2.45, 2.75) is 38.0 Å². The van der Waals surface area contributed by atoms with E-state index in [-0.39, 0.29) is 36.4 Å². The number of aliphatic hydroxyl groups excluding tert-OH is 1. The molecule has 2 aliphatic heterocycles. The third-order valence-electron chi connectivity index (χ3n) is 4.93. The number of hydrogen-bond acceptors (Lipinski definition) is 6. The number of carbonyl (C=O) groups excluding carboxylic acids is 2. The molecule has 0 spiro atoms. The number of benzene rings is 1. The van der Waals surface area contributed by atoms with Gasteiger partial charge in [-0.05, 0) is 25.3 Å². The Balaban J connectivity index is 1.91. The Morgan fingerprint density at radius 2 is 2.11 bits per heavy atom. The predicted molar refractivity (Wildman–Crippen MR) is 93.7 cm³/mol. The summed E-state index contributed by atoms with van der Waals surface area (Å²) in [6.45, 7) is 0.351. The van der Waals surface area contributed by atoms with E-state index < -0.39 is 36.1 Å². The zero-order valence-electron chi connectivity index (χ0n) is 15.3. The Morgan fingerprint density at radius 1 is 1.36 bits per heavy atom. The molecule has 28 heavy (non-hydrogen) atoms. The quantitative estimate of drug-likeness (QED) is 0.573. The first-order valence-corrected chi connectivity index (χ1v) is 8.89. The van der Waals surface area contributed by atoms with Crippen molar-refractivity contribution in [3.8, 4) is 5.75 Å². The Hall–Kier alpha value is -2.88. The van der Waals surface area contributed by atoms with Crippen molar-refractivity contribution < 1.29 is 38.5 Å². The molecular weight excluding hydrogens is 375 g/mol. The van der Waals surface area contributed by atoms with Gasteiger partial charge >= 0.3 is 12.1 Å². The molecule has 0 radical (unpaired) electrons. The Morgan fingerprint density at radius 3 is 2.79 bits per heavy atom. The van der Waals surface area contributed by atoms with Crippen molar-refractivity contribution in [3.05, 3.63) is 23.5 Å². The molecule has 1 saturated heterocycles. The van der Waals surface area contributed by atoms with Gasteiger partial charge in [-0.1, -0.05) is 0 Å². The number of esters is 1. The standard InChI is InChI=1S/C18H21FN2O7/c1-27-15(22)5-3-7-28-14-9-13-10(8-11(14)19)16(23)20-6-2-4-12(20)17(24)21(13)18(25)26/h8-9,12,17,24H,2-7H2,1H3,(H,25,26)/t12-,17?/m0/s1. The van der Waals surface area contributed by atoms with Gasteiger partial charge in [-0.15, -0.1) is 0 Å². The average molecular weight is 396 g/mol. The van der Waals surface area contributed by atoms with Crippen molar-refractivity contribution >= 4 is 23.7 Å². The fourth-order valence-electron chi connectivity index (χ4n) is 3.56. The zero-order valence-corrected chi connectivity index (χ0v) is 15.3. The maximum atomic E-state index is 14.5. The number of amides is 2. The highest BCUT2D eigenvalue weighted by molar-refractivity contribution is 6.05. The van der Waals surface area contributed by atoms with Crippen molar-refractivity contribution in [2.24, 2.45) is 0 Å². The van der Waals surface area contributed by atoms with E-state index in [1.165, 1.54) is 12.0 Å². The molecule has 10 heteroatoms. The summed E-state index contributed by atoms with van der Waals surface area (Å²) < 4.78 is 24.3. The second kappa shape index (κ2) is 8.01. The van der Waals surface area contributed by atoms with E-state index in [0.717, 1.165) is 12.1 Å². The first-order valence-electron chi connectivity index (χ1n) is 8.89. The Kier molecular flexibility index (Phi) is 5.68. The highest BCUT2D eigenvalue weighted by Crippen LogP contribution is 2.37. The number of rotatable bonds is 5. The van der Waals surface area contributed by atoms with Crippen molar-refractivity contribution in [1.82, 2.24) is 4.90 Å². The molecule has 1 aromatic carbocycles. The van der Waals surface area contributed by atoms with E-state index in [4.69, 9.17) is 4.74 Å². The summed E-state index contributed by atoms with van der Waals surface area (Å²) in [4.78, 5) is 37.8. The molecule has 1 unspecified atom stereocenters. The van der Waals surface area contributed by atoms with Gasteiger partial charge in [-0.3, -0.25) is 9.59 Å². The molecule has 1 aromatic rings. The van der Waals surface area contributed by atoms with Crippen LogP contribution in [0, 0.1) is 5.82 Å². The monoisotopic (exact) mass is 396 g/mol. The number of ether oxygens (including phenoxy) is 2. The molecule has 0 bridgehead atoms. The number of fused-ring (bicyclic) bond motifs is 2. The van der Waals surface area contributed by atoms with E-state index in [0.29, 0.717) is 24.3 Å². The topological polar surface area (TPSA) is 117 Å². The number of anilines is 1. The van der Waals surface area contributed by atoms with E-state index in [9.17, 15) is 29.0 Å². The van der Waals surface area contributed by atoms with Gasteiger partial charge in [0.2, 0.25) is 0 Å². The number of aliphatic hydroxyl groups is 1. The number of hydrogen-bond donors (Lipinski definition) is 2. The lowest BCUT2D eigenvalue weighted by Crippen LogP contribution is -2.50. The normalized spacial score (nSPS) is 21.0. The third kappa shape index (κ3) is 3.59. The first kappa shape index (κ1) is 19.9. The SMILES string of the molecule is COC(=O)CCCOc1cc2c(cc1F)C(=O)N1CCC[C@H]1C(O)N2C(=O)O. The maximum Gasteiger partial charge on any atom is 0.414 e. The van der Waals surface area contributed by atoms with Gasteiger partial charge in [0, 0.05) is 19.0 Å². The van der Waals surface area contributed by atoms with Crippen LogP contribution >= 0.6 is 0 Å². The molecule has 152 valence electrons. The van der Waals surface area contributed by atoms with Crippen molar-refractivity contribution in [3.63, 3.8) is 0 Å². The largest absolute Gasteiger partial charge is 0.490 e. The fraction of sp³-hybridized carbons (Fsp3) is 0.500. The summed E-state index contributed by atoms with van der Waals surface area (Å²) in [6, 6.07) is 1.33. The molecule has 0 aromatic heterocycles. The van der Waals surface area contributed by atoms with E-state index in [1.54, 1.807) is 0 Å². The lowest BCUT2D eigenvalue weighted by atomic mass is 10.1. The smallest absolute Gasteiger partial charge is 0.414 e. The van der Waals surface area contributed by atoms with Crippen LogP contribution in [-0.4, -0.2) is 65.6 Å². The van der Waals surface area contributed by atoms with E-state index in [2.05, 4.69) is 4.74 Å². The summed E-state index contributed by atoms with van der Waals surface area (Å²) in [5.41, 5.74) is -0.283. The molecule has 3 rings (SSSR count). The highest BCUT2D eigenvalue weighted by atomic mass is 19.1. The minimum Gasteiger partial charge on any atom is -0.490 e. The third-order valence-corrected chi connectivity index (χ3v) is 4.93. The summed E-state index contributed by atoms with van der Waals surface area (Å²) >= 11 is 0. The minimum atomic E-state index is -1.47. The number of methoxy groups -OCH3 is 1. The van der Waals surface area contributed by atoms with Crippen LogP contribution in [0.15, 0.2) is 12.1 Å². The Labute approximate surface area is 160 Å². The lowest BCUT2D eigenvalue weighted by Gasteiger charge is -2.30. The summed E-state index contributed by atoms with van der Waals surface area (Å²) in [5, 5.41) is 20.2. The van der Waals surface area contributed by atoms with Crippen molar-refractivity contribution in [2.75, 3.05) is 25.2 Å². The molecule has 2 amide bonds. The predicted octanol–water partition coefficient (Wildman–Crippen LogP) is 1.58. The summed E-state index contributed by atoms with van der Waals surface area (Å²) in [5.74, 6) is -2.06. The molecule has 0 aliphatic carbocycles. The second-order valence-corrected chi connectivity index (χ2v) is 6.60. The summed E-state index contributed by atoms with van der Waals surface area (Å²) in [6.07, 6.45) is -1.51. The molecule has 9 nitrogen and oxygen atoms in total. The van der Waals surface area contributed by atoms with Crippen LogP contribution in [-0.2, 0) is 9.53 Å². The van der Waals surface area contributed by atoms with Gasteiger partial charge in [0.15, 0.2) is 17.8 Å². The second-order valence-electron chi connectivity index (χ2n) is 6.60. The maximum absolute atomic E-state index is 14.5. The van der Waals surface area contributed by atoms with Gasteiger partial charge in [-0.25, -0.2) is 14.1 Å². The van der Waals surface area contributed by atoms with Crippen LogP contribution in [0.4, 0.5) is 14.9 Å². The summed E-state index contributed by atoms with van der Waals surface area (Å²) in [7, 11) is 1.25. The van der Waals surface area contributed by atoms with Crippen LogP contribution in [0.5, 0.6) is 5.75 Å². The van der Waals surface area contributed by atoms with Gasteiger partial charge < -0.3 is 24.6 Å². The molecule has 2 aliphatic rings. The van der Waals surface area contributed by atoms with Crippen LogP contribution in [0.1, 0.15) is 36.0 Å². The number of nitrogens with zero attached hydrogens (tertiary/aromatic N) is 2. The Bertz CT molecular complexity index is 800. The van der Waals surface area contributed by atoms with Gasteiger partial charge in [0.1, 0.15) is 0 Å². The lowest BCUT2D eigenvalue weighted by molar-refractivity contribution is -0.140. The van der Waals surface area contributed by atoms with Gasteiger partial charge in [0.05, 0.1) is 31.0 Å². The zero-order chi connectivity index (χ0) is 20.4. The number of carboxylic acid groups (broad SMARTS) is 1. The molecule has 1 fully saturated rings. The first-order chi connectivity index (χ1) is 13.3. The molecule has 2 N–H and O–H groups in total. The average Bonchev–Trinajstić information content (AvgIpc) is 3.13. The fourth-order valence-corrected chi connectivity index (χ4v) is 3.56. The minimum absolute atomic E-state index is 0.0108. The highest BCUT2D eigenvalue weighted by Gasteiger charge is 2.44. The molecule has 0 saturated carbocycles. The van der Waals surface area contributed by atoms with Gasteiger partial charge in [-0.2, -0.15) is 0 Å². The van der Waals surface area contributed by atoms with E-state index in [1.807, 2.05) is 0 Å². The van der Waals surface area contributed by atoms with Crippen LogP contribution in [0.25, 0.3) is 0 Å². The number of carbonyl (C=O) groups is 3. The molecular formula is C18H21FN2O7. The van der Waals surface area contributed by atoms with Crippen molar-refractivity contribution in [1.29, 1.82) is 0 Å². The number of halogens is 1.